The Balaban J connectivity index is 1.87. The molecule has 0 fully saturated rings. The van der Waals surface area contributed by atoms with E-state index in [2.05, 4.69) is 0 Å². The van der Waals surface area contributed by atoms with E-state index in [1.165, 1.54) is 6.07 Å². The molecule has 122 valence electrons. The molecule has 1 amide bonds. The summed E-state index contributed by atoms with van der Waals surface area (Å²) in [6, 6.07) is 5.52. The highest BCUT2D eigenvalue weighted by Gasteiger charge is 2.35. The predicted octanol–water partition coefficient (Wildman–Crippen LogP) is 3.81. The topological polar surface area (TPSA) is 33.5 Å². The fourth-order valence-electron chi connectivity index (χ4n) is 3.02. The number of aryl methyl sites for hydroxylation is 1. The summed E-state index contributed by atoms with van der Waals surface area (Å²) in [7, 11) is 0. The van der Waals surface area contributed by atoms with Crippen molar-refractivity contribution in [2.75, 3.05) is 6.54 Å². The van der Waals surface area contributed by atoms with Gasteiger partial charge < -0.3 is 9.32 Å². The van der Waals surface area contributed by atoms with E-state index in [0.29, 0.717) is 18.7 Å². The van der Waals surface area contributed by atoms with Crippen LogP contribution in [0.2, 0.25) is 0 Å². The molecule has 1 aromatic heterocycles. The van der Waals surface area contributed by atoms with Gasteiger partial charge in [-0.1, -0.05) is 6.07 Å². The third-order valence-electron chi connectivity index (χ3n) is 4.49. The molecule has 0 N–H and O–H groups in total. The summed E-state index contributed by atoms with van der Waals surface area (Å²) in [4.78, 5) is 14.7. The molecular weight excluding hydrogens is 300 g/mol. The van der Waals surface area contributed by atoms with E-state index in [0.717, 1.165) is 36.3 Å². The number of carbonyl (C=O) groups excluding carboxylic acids is 1. The van der Waals surface area contributed by atoms with Crippen LogP contribution in [0.4, 0.5) is 8.78 Å². The maximum Gasteiger partial charge on any atom is 0.232 e. The molecule has 3 nitrogen and oxygen atoms in total. The summed E-state index contributed by atoms with van der Waals surface area (Å²) in [5.74, 6) is -1.02. The van der Waals surface area contributed by atoms with Crippen molar-refractivity contribution < 1.29 is 18.0 Å². The maximum atomic E-state index is 13.5. The Morgan fingerprint density at radius 1 is 1.22 bits per heavy atom. The van der Waals surface area contributed by atoms with E-state index in [1.54, 1.807) is 25.0 Å². The Bertz CT molecular complexity index is 736. The molecule has 0 bridgehead atoms. The van der Waals surface area contributed by atoms with Crippen molar-refractivity contribution in [1.82, 2.24) is 4.90 Å². The lowest BCUT2D eigenvalue weighted by Gasteiger charge is -2.31. The molecular formula is C18H19F2NO2. The number of fused-ring (bicyclic) bond motifs is 1. The minimum atomic E-state index is -0.934. The minimum absolute atomic E-state index is 0.0995. The predicted molar refractivity (Wildman–Crippen MR) is 81.8 cm³/mol. The third kappa shape index (κ3) is 2.87. The molecule has 23 heavy (non-hydrogen) atoms. The van der Waals surface area contributed by atoms with E-state index in [1.807, 2.05) is 6.07 Å². The molecule has 0 unspecified atom stereocenters. The number of nitrogens with zero attached hydrogens (tertiary/aromatic N) is 1. The van der Waals surface area contributed by atoms with Crippen LogP contribution in [0, 0.1) is 11.6 Å². The number of halogens is 2. The first-order valence-electron chi connectivity index (χ1n) is 7.70. The largest absolute Gasteiger partial charge is 0.469 e. The van der Waals surface area contributed by atoms with E-state index in [4.69, 9.17) is 4.42 Å². The molecule has 0 radical (unpaired) electrons. The molecule has 0 atom stereocenters. The van der Waals surface area contributed by atoms with Gasteiger partial charge in [-0.25, -0.2) is 8.78 Å². The Kier molecular flexibility index (Phi) is 3.96. The smallest absolute Gasteiger partial charge is 0.232 e. The quantitative estimate of drug-likeness (QED) is 0.843. The number of carbonyl (C=O) groups is 1. The van der Waals surface area contributed by atoms with Crippen molar-refractivity contribution in [2.45, 2.75) is 38.6 Å². The zero-order chi connectivity index (χ0) is 16.6. The number of furan rings is 1. The molecule has 1 aliphatic rings. The van der Waals surface area contributed by atoms with Gasteiger partial charge >= 0.3 is 0 Å². The van der Waals surface area contributed by atoms with Crippen LogP contribution in [0.15, 0.2) is 34.9 Å². The summed E-state index contributed by atoms with van der Waals surface area (Å²) in [6.07, 6.45) is 3.26. The summed E-state index contributed by atoms with van der Waals surface area (Å²) >= 11 is 0. The van der Waals surface area contributed by atoms with Gasteiger partial charge in [-0.05, 0) is 44.0 Å². The molecule has 0 saturated heterocycles. The van der Waals surface area contributed by atoms with Gasteiger partial charge in [0, 0.05) is 25.1 Å². The average molecular weight is 319 g/mol. The number of amides is 1. The molecule has 2 heterocycles. The lowest BCUT2D eigenvalue weighted by molar-refractivity contribution is -0.136. The summed E-state index contributed by atoms with van der Waals surface area (Å²) in [5.41, 5.74) is 0.554. The van der Waals surface area contributed by atoms with Crippen LogP contribution in [0.25, 0.3) is 0 Å². The first-order valence-corrected chi connectivity index (χ1v) is 7.70. The minimum Gasteiger partial charge on any atom is -0.469 e. The van der Waals surface area contributed by atoms with Crippen molar-refractivity contribution >= 4 is 5.91 Å². The molecule has 5 heteroatoms. The second-order valence-electron chi connectivity index (χ2n) is 6.45. The van der Waals surface area contributed by atoms with Gasteiger partial charge in [0.2, 0.25) is 5.91 Å². The van der Waals surface area contributed by atoms with Crippen LogP contribution in [0.1, 0.15) is 37.2 Å². The van der Waals surface area contributed by atoms with Crippen molar-refractivity contribution in [3.8, 4) is 0 Å². The maximum absolute atomic E-state index is 13.5. The summed E-state index contributed by atoms with van der Waals surface area (Å²) in [6.45, 7) is 4.58. The fraction of sp³-hybridized carbons (Fsp3) is 0.389. The van der Waals surface area contributed by atoms with E-state index in [-0.39, 0.29) is 5.91 Å². The Labute approximate surface area is 133 Å². The van der Waals surface area contributed by atoms with Crippen molar-refractivity contribution in [3.05, 3.63) is 59.1 Å². The van der Waals surface area contributed by atoms with Crippen LogP contribution >= 0.6 is 0 Å². The Hall–Kier alpha value is -2.17. The van der Waals surface area contributed by atoms with Crippen LogP contribution in [0.5, 0.6) is 0 Å². The van der Waals surface area contributed by atoms with Gasteiger partial charge in [-0.3, -0.25) is 4.79 Å². The monoisotopic (exact) mass is 319 g/mol. The van der Waals surface area contributed by atoms with Crippen molar-refractivity contribution in [3.63, 3.8) is 0 Å². The third-order valence-corrected chi connectivity index (χ3v) is 4.49. The van der Waals surface area contributed by atoms with E-state index >= 15 is 0 Å². The standard InChI is InChI=1S/C18H19F2NO2/c1-18(2,13-5-6-14(19)15(20)10-13)17(22)21-8-3-4-16-12(11-21)7-9-23-16/h5-7,9-10H,3-4,8,11H2,1-2H3. The molecule has 2 aromatic rings. The molecule has 3 rings (SSSR count). The first-order chi connectivity index (χ1) is 10.9. The SMILES string of the molecule is CC(C)(C(=O)N1CCCc2occc2C1)c1ccc(F)c(F)c1. The van der Waals surface area contributed by atoms with Crippen molar-refractivity contribution in [2.24, 2.45) is 0 Å². The normalized spacial score (nSPS) is 15.2. The summed E-state index contributed by atoms with van der Waals surface area (Å²) < 4.78 is 32.1. The summed E-state index contributed by atoms with van der Waals surface area (Å²) in [5, 5.41) is 0. The number of hydrogen-bond acceptors (Lipinski definition) is 2. The fourth-order valence-corrected chi connectivity index (χ4v) is 3.02. The number of hydrogen-bond donors (Lipinski definition) is 0. The van der Waals surface area contributed by atoms with Gasteiger partial charge in [0.1, 0.15) is 5.76 Å². The van der Waals surface area contributed by atoms with Crippen LogP contribution in [-0.2, 0) is 23.2 Å². The van der Waals surface area contributed by atoms with Gasteiger partial charge in [-0.15, -0.1) is 0 Å². The van der Waals surface area contributed by atoms with Crippen molar-refractivity contribution in [1.29, 1.82) is 0 Å². The number of rotatable bonds is 2. The average Bonchev–Trinajstić information content (AvgIpc) is 2.86. The lowest BCUT2D eigenvalue weighted by Crippen LogP contribution is -2.43. The van der Waals surface area contributed by atoms with Gasteiger partial charge in [0.15, 0.2) is 11.6 Å². The van der Waals surface area contributed by atoms with Gasteiger partial charge in [0.05, 0.1) is 11.7 Å². The Morgan fingerprint density at radius 3 is 2.74 bits per heavy atom. The highest BCUT2D eigenvalue weighted by atomic mass is 19.2. The van der Waals surface area contributed by atoms with Gasteiger partial charge in [0.25, 0.3) is 0 Å². The van der Waals surface area contributed by atoms with Crippen LogP contribution in [0.3, 0.4) is 0 Å². The zero-order valence-electron chi connectivity index (χ0n) is 13.2. The molecule has 1 aromatic carbocycles. The second kappa shape index (κ2) is 5.80. The molecule has 0 saturated carbocycles. The molecule has 0 spiro atoms. The van der Waals surface area contributed by atoms with Gasteiger partial charge in [-0.2, -0.15) is 0 Å². The van der Waals surface area contributed by atoms with Crippen LogP contribution < -0.4 is 0 Å². The lowest BCUT2D eigenvalue weighted by atomic mass is 9.83. The zero-order valence-corrected chi connectivity index (χ0v) is 13.2. The first kappa shape index (κ1) is 15.7. The van der Waals surface area contributed by atoms with Crippen LogP contribution in [-0.4, -0.2) is 17.4 Å². The molecule has 0 aliphatic carbocycles. The molecule has 1 aliphatic heterocycles. The second-order valence-corrected chi connectivity index (χ2v) is 6.45. The van der Waals surface area contributed by atoms with E-state index < -0.39 is 17.0 Å². The number of benzene rings is 1. The highest BCUT2D eigenvalue weighted by molar-refractivity contribution is 5.87. The highest BCUT2D eigenvalue weighted by Crippen LogP contribution is 2.29. The Morgan fingerprint density at radius 2 is 2.00 bits per heavy atom. The van der Waals surface area contributed by atoms with E-state index in [9.17, 15) is 13.6 Å².